The van der Waals surface area contributed by atoms with Gasteiger partial charge < -0.3 is 19.6 Å². The monoisotopic (exact) mass is 336 g/mol. The van der Waals surface area contributed by atoms with Crippen LogP contribution in [0.25, 0.3) is 17.4 Å². The Kier molecular flexibility index (Phi) is 4.05. The van der Waals surface area contributed by atoms with Crippen LogP contribution in [-0.4, -0.2) is 29.4 Å². The number of imide groups is 1. The van der Waals surface area contributed by atoms with E-state index in [0.29, 0.717) is 22.0 Å². The molecule has 0 atom stereocenters. The number of hydrogen-bond donors (Lipinski definition) is 1. The van der Waals surface area contributed by atoms with Gasteiger partial charge in [0.25, 0.3) is 5.91 Å². The second-order valence-electron chi connectivity index (χ2n) is 5.14. The van der Waals surface area contributed by atoms with Gasteiger partial charge in [0.15, 0.2) is 0 Å². The van der Waals surface area contributed by atoms with Gasteiger partial charge in [-0.05, 0) is 36.4 Å². The number of nitrogens with one attached hydrogen (secondary N) is 1. The van der Waals surface area contributed by atoms with Crippen molar-refractivity contribution in [3.8, 4) is 17.4 Å². The molecule has 124 valence electrons. The minimum Gasteiger partial charge on any atom is -0.548 e. The van der Waals surface area contributed by atoms with Crippen LogP contribution in [-0.2, 0) is 9.59 Å². The van der Waals surface area contributed by atoms with Crippen LogP contribution in [0, 0.1) is 11.3 Å². The average molecular weight is 336 g/mol. The van der Waals surface area contributed by atoms with Gasteiger partial charge in [-0.3, -0.25) is 9.69 Å². The van der Waals surface area contributed by atoms with E-state index in [4.69, 9.17) is 9.68 Å². The minimum absolute atomic E-state index is 0.0908. The summed E-state index contributed by atoms with van der Waals surface area (Å²) in [4.78, 5) is 34.7. The van der Waals surface area contributed by atoms with Crippen LogP contribution in [0.1, 0.15) is 11.3 Å². The third kappa shape index (κ3) is 3.25. The summed E-state index contributed by atoms with van der Waals surface area (Å²) in [6.45, 7) is -0.823. The van der Waals surface area contributed by atoms with Crippen LogP contribution in [0.4, 0.5) is 4.79 Å². The first kappa shape index (κ1) is 16.0. The maximum absolute atomic E-state index is 12.0. The summed E-state index contributed by atoms with van der Waals surface area (Å²) in [6.07, 6.45) is 1.31. The van der Waals surface area contributed by atoms with Crippen molar-refractivity contribution in [3.63, 3.8) is 0 Å². The molecule has 1 aromatic carbocycles. The fraction of sp³-hybridized carbons (Fsp3) is 0.0588. The van der Waals surface area contributed by atoms with E-state index in [-0.39, 0.29) is 5.70 Å². The highest BCUT2D eigenvalue weighted by Crippen LogP contribution is 2.24. The topological polar surface area (TPSA) is 126 Å². The molecule has 3 rings (SSSR count). The predicted octanol–water partition coefficient (Wildman–Crippen LogP) is 0.461. The molecule has 0 aliphatic carbocycles. The first-order valence-corrected chi connectivity index (χ1v) is 7.12. The molecule has 0 radical (unpaired) electrons. The molecular weight excluding hydrogens is 326 g/mol. The van der Waals surface area contributed by atoms with Crippen LogP contribution in [0.2, 0.25) is 0 Å². The summed E-state index contributed by atoms with van der Waals surface area (Å²) in [5.41, 5.74) is 1.17. The summed E-state index contributed by atoms with van der Waals surface area (Å²) in [7, 11) is 0. The number of carboxylic acid groups (broad SMARTS) is 1. The van der Waals surface area contributed by atoms with E-state index in [9.17, 15) is 19.5 Å². The SMILES string of the molecule is N#Cc1ccc(-c2ccc(/C=C3/NC(=O)N(CC(=O)[O-])C3=O)o2)cc1. The van der Waals surface area contributed by atoms with Crippen LogP contribution < -0.4 is 10.4 Å². The first-order chi connectivity index (χ1) is 12.0. The zero-order valence-corrected chi connectivity index (χ0v) is 12.7. The normalized spacial score (nSPS) is 15.3. The van der Waals surface area contributed by atoms with Crippen molar-refractivity contribution in [3.05, 3.63) is 53.4 Å². The molecule has 8 nitrogen and oxygen atoms in total. The van der Waals surface area contributed by atoms with Crippen molar-refractivity contribution in [1.82, 2.24) is 10.2 Å². The molecule has 2 heterocycles. The number of aliphatic carboxylic acids is 1. The number of urea groups is 1. The number of hydrogen-bond acceptors (Lipinski definition) is 6. The minimum atomic E-state index is -1.54. The standard InChI is InChI=1S/C17H11N3O5/c18-8-10-1-3-11(4-2-10)14-6-5-12(25-14)7-13-16(23)20(9-15(21)22)17(24)19-13/h1-7H,9H2,(H,19,24)(H,21,22)/p-1/b13-7+. The summed E-state index contributed by atoms with van der Waals surface area (Å²) < 4.78 is 5.60. The van der Waals surface area contributed by atoms with E-state index in [1.807, 2.05) is 6.07 Å². The Morgan fingerprint density at radius 3 is 2.60 bits per heavy atom. The molecule has 1 aliphatic heterocycles. The molecule has 3 amide bonds. The maximum atomic E-state index is 12.0. The number of carbonyl (C=O) groups excluding carboxylic acids is 3. The lowest BCUT2D eigenvalue weighted by Gasteiger charge is -2.11. The lowest BCUT2D eigenvalue weighted by molar-refractivity contribution is -0.305. The van der Waals surface area contributed by atoms with Crippen molar-refractivity contribution in [2.45, 2.75) is 0 Å². The fourth-order valence-electron chi connectivity index (χ4n) is 2.28. The van der Waals surface area contributed by atoms with Crippen molar-refractivity contribution in [2.75, 3.05) is 6.54 Å². The van der Waals surface area contributed by atoms with E-state index in [1.54, 1.807) is 36.4 Å². The lowest BCUT2D eigenvalue weighted by Crippen LogP contribution is -2.41. The molecule has 1 N–H and O–H groups in total. The lowest BCUT2D eigenvalue weighted by atomic mass is 10.1. The number of amides is 3. The molecule has 0 unspecified atom stereocenters. The Bertz CT molecular complexity index is 934. The number of furan rings is 1. The smallest absolute Gasteiger partial charge is 0.329 e. The second-order valence-corrected chi connectivity index (χ2v) is 5.14. The van der Waals surface area contributed by atoms with E-state index in [0.717, 1.165) is 5.56 Å². The Labute approximate surface area is 141 Å². The maximum Gasteiger partial charge on any atom is 0.329 e. The third-order valence-electron chi connectivity index (χ3n) is 3.46. The second kappa shape index (κ2) is 6.33. The number of rotatable bonds is 4. The summed E-state index contributed by atoms with van der Waals surface area (Å²) in [5.74, 6) is -1.49. The predicted molar refractivity (Wildman–Crippen MR) is 82.1 cm³/mol. The number of carbonyl (C=O) groups is 3. The van der Waals surface area contributed by atoms with Gasteiger partial charge in [-0.2, -0.15) is 5.26 Å². The van der Waals surface area contributed by atoms with Gasteiger partial charge in [-0.15, -0.1) is 0 Å². The molecule has 1 aromatic heterocycles. The van der Waals surface area contributed by atoms with Crippen molar-refractivity contribution < 1.29 is 23.9 Å². The summed E-state index contributed by atoms with van der Waals surface area (Å²) >= 11 is 0. The van der Waals surface area contributed by atoms with Crippen LogP contribution in [0.15, 0.2) is 46.5 Å². The zero-order valence-electron chi connectivity index (χ0n) is 12.7. The number of nitriles is 1. The van der Waals surface area contributed by atoms with Gasteiger partial charge in [-0.25, -0.2) is 4.79 Å². The number of benzene rings is 1. The molecular formula is C17H10N3O5-. The Balaban J connectivity index is 1.82. The molecule has 0 saturated carbocycles. The van der Waals surface area contributed by atoms with Crippen LogP contribution in [0.5, 0.6) is 0 Å². The van der Waals surface area contributed by atoms with Crippen molar-refractivity contribution in [2.24, 2.45) is 0 Å². The van der Waals surface area contributed by atoms with E-state index < -0.39 is 24.5 Å². The van der Waals surface area contributed by atoms with E-state index in [1.165, 1.54) is 6.08 Å². The van der Waals surface area contributed by atoms with Gasteiger partial charge in [-0.1, -0.05) is 0 Å². The first-order valence-electron chi connectivity index (χ1n) is 7.12. The summed E-state index contributed by atoms with van der Waals surface area (Å²) in [5, 5.41) is 21.6. The Morgan fingerprint density at radius 2 is 1.96 bits per heavy atom. The molecule has 25 heavy (non-hydrogen) atoms. The molecule has 1 saturated heterocycles. The van der Waals surface area contributed by atoms with Gasteiger partial charge in [0, 0.05) is 11.6 Å². The molecule has 0 spiro atoms. The number of carboxylic acids is 1. The van der Waals surface area contributed by atoms with Gasteiger partial charge in [0.2, 0.25) is 0 Å². The number of nitrogens with zero attached hydrogens (tertiary/aromatic N) is 2. The molecule has 8 heteroatoms. The van der Waals surface area contributed by atoms with Gasteiger partial charge in [0.05, 0.1) is 24.1 Å². The highest BCUT2D eigenvalue weighted by Gasteiger charge is 2.33. The highest BCUT2D eigenvalue weighted by atomic mass is 16.4. The van der Waals surface area contributed by atoms with Crippen LogP contribution >= 0.6 is 0 Å². The molecule has 1 fully saturated rings. The highest BCUT2D eigenvalue weighted by molar-refractivity contribution is 6.14. The van der Waals surface area contributed by atoms with Crippen molar-refractivity contribution in [1.29, 1.82) is 5.26 Å². The quantitative estimate of drug-likeness (QED) is 0.638. The molecule has 0 bridgehead atoms. The van der Waals surface area contributed by atoms with Crippen LogP contribution in [0.3, 0.4) is 0 Å². The van der Waals surface area contributed by atoms with Gasteiger partial charge >= 0.3 is 6.03 Å². The average Bonchev–Trinajstić information content (AvgIpc) is 3.15. The largest absolute Gasteiger partial charge is 0.548 e. The van der Waals surface area contributed by atoms with Gasteiger partial charge in [0.1, 0.15) is 17.2 Å². The van der Waals surface area contributed by atoms with E-state index in [2.05, 4.69) is 5.32 Å². The molecule has 1 aliphatic rings. The zero-order chi connectivity index (χ0) is 18.0. The molecule has 2 aromatic rings. The third-order valence-corrected chi connectivity index (χ3v) is 3.46. The Hall–Kier alpha value is -3.86. The fourth-order valence-corrected chi connectivity index (χ4v) is 2.28. The summed E-state index contributed by atoms with van der Waals surface area (Å²) in [6, 6.07) is 11.2. The Morgan fingerprint density at radius 1 is 1.24 bits per heavy atom. The van der Waals surface area contributed by atoms with E-state index >= 15 is 0 Å². The van der Waals surface area contributed by atoms with Crippen molar-refractivity contribution >= 4 is 24.0 Å².